The van der Waals surface area contributed by atoms with Gasteiger partial charge in [0.15, 0.2) is 11.5 Å². The molecule has 11 heteroatoms. The van der Waals surface area contributed by atoms with Crippen LogP contribution >= 0.6 is 0 Å². The number of hydrogen-bond acceptors (Lipinski definition) is 5. The molecule has 3 rings (SSSR count). The maximum atomic E-state index is 13.3. The summed E-state index contributed by atoms with van der Waals surface area (Å²) in [5, 5.41) is 0. The number of alkyl halides is 4. The summed E-state index contributed by atoms with van der Waals surface area (Å²) in [5.41, 5.74) is 4.85. The zero-order valence-corrected chi connectivity index (χ0v) is 16.7. The van der Waals surface area contributed by atoms with Gasteiger partial charge in [-0.25, -0.2) is 14.4 Å². The zero-order chi connectivity index (χ0) is 22.1. The molecule has 7 nitrogen and oxygen atoms in total. The van der Waals surface area contributed by atoms with Gasteiger partial charge in [-0.1, -0.05) is 6.92 Å². The minimum absolute atomic E-state index is 0.0121. The summed E-state index contributed by atoms with van der Waals surface area (Å²) in [7, 11) is 0. The highest BCUT2D eigenvalue weighted by atomic mass is 19.4. The lowest BCUT2D eigenvalue weighted by atomic mass is 9.98. The minimum Gasteiger partial charge on any atom is -0.341 e. The highest BCUT2D eigenvalue weighted by Crippen LogP contribution is 2.34. The maximum Gasteiger partial charge on any atom is 0.433 e. The van der Waals surface area contributed by atoms with E-state index in [2.05, 4.69) is 9.97 Å². The van der Waals surface area contributed by atoms with Crippen molar-refractivity contribution < 1.29 is 27.2 Å². The third kappa shape index (κ3) is 5.05. The van der Waals surface area contributed by atoms with Crippen LogP contribution in [0, 0.1) is 5.92 Å². The number of amides is 2. The third-order valence-corrected chi connectivity index (χ3v) is 5.48. The van der Waals surface area contributed by atoms with Crippen LogP contribution < -0.4 is 5.73 Å². The first kappa shape index (κ1) is 22.4. The van der Waals surface area contributed by atoms with E-state index in [1.807, 2.05) is 6.92 Å². The molecular weight excluding hydrogens is 406 g/mol. The molecule has 30 heavy (non-hydrogen) atoms. The lowest BCUT2D eigenvalue weighted by Gasteiger charge is -2.34. The van der Waals surface area contributed by atoms with Crippen molar-refractivity contribution in [2.45, 2.75) is 58.0 Å². The lowest BCUT2D eigenvalue weighted by molar-refractivity contribution is -0.142. The summed E-state index contributed by atoms with van der Waals surface area (Å²) in [4.78, 5) is 34.9. The number of aromatic nitrogens is 2. The standard InChI is InChI=1S/C19H25F4N5O2/c1-11-2-3-16(29)28(8-11)9-12(24)6-17(30)27-5-4-13-14(10-27)25-15(7-20)26-18(13)19(21,22)23/h11-12H,2-10,24H2,1H3/t11-,12-/m1/s1. The van der Waals surface area contributed by atoms with Gasteiger partial charge in [0, 0.05) is 44.1 Å². The molecule has 1 aromatic heterocycles. The Kier molecular flexibility index (Phi) is 6.59. The number of fused-ring (bicyclic) bond motifs is 1. The molecule has 0 aliphatic carbocycles. The second-order valence-electron chi connectivity index (χ2n) is 8.02. The summed E-state index contributed by atoms with van der Waals surface area (Å²) in [6, 6.07) is -0.578. The number of piperidine rings is 1. The lowest BCUT2D eigenvalue weighted by Crippen LogP contribution is -2.48. The Morgan fingerprint density at radius 2 is 2.03 bits per heavy atom. The van der Waals surface area contributed by atoms with Crippen LogP contribution in [0.1, 0.15) is 49.0 Å². The molecule has 0 bridgehead atoms. The molecule has 0 aromatic carbocycles. The molecule has 0 saturated carbocycles. The van der Waals surface area contributed by atoms with Crippen molar-refractivity contribution in [3.8, 4) is 0 Å². The van der Waals surface area contributed by atoms with Crippen LogP contribution in [0.25, 0.3) is 0 Å². The average Bonchev–Trinajstić information content (AvgIpc) is 2.68. The molecule has 3 heterocycles. The number of halogens is 4. The number of likely N-dealkylation sites (tertiary alicyclic amines) is 1. The van der Waals surface area contributed by atoms with Crippen LogP contribution in [0.15, 0.2) is 0 Å². The highest BCUT2D eigenvalue weighted by Gasteiger charge is 2.39. The molecule has 2 N–H and O–H groups in total. The van der Waals surface area contributed by atoms with Gasteiger partial charge in [0.1, 0.15) is 6.67 Å². The first-order valence-electron chi connectivity index (χ1n) is 9.91. The first-order valence-corrected chi connectivity index (χ1v) is 9.91. The average molecular weight is 431 g/mol. The van der Waals surface area contributed by atoms with Gasteiger partial charge >= 0.3 is 6.18 Å². The highest BCUT2D eigenvalue weighted by molar-refractivity contribution is 5.78. The van der Waals surface area contributed by atoms with Gasteiger partial charge in [0.05, 0.1) is 12.2 Å². The van der Waals surface area contributed by atoms with E-state index in [-0.39, 0.29) is 55.5 Å². The fourth-order valence-corrected chi connectivity index (χ4v) is 3.96. The fourth-order valence-electron chi connectivity index (χ4n) is 3.96. The number of nitrogens with two attached hydrogens (primary N) is 1. The van der Waals surface area contributed by atoms with Gasteiger partial charge in [-0.05, 0) is 18.8 Å². The van der Waals surface area contributed by atoms with Crippen molar-refractivity contribution in [2.24, 2.45) is 11.7 Å². The second kappa shape index (κ2) is 8.83. The Bertz CT molecular complexity index is 817. The number of hydrogen-bond donors (Lipinski definition) is 1. The van der Waals surface area contributed by atoms with E-state index >= 15 is 0 Å². The van der Waals surface area contributed by atoms with E-state index in [1.54, 1.807) is 4.90 Å². The van der Waals surface area contributed by atoms with Crippen LogP contribution in [0.4, 0.5) is 17.6 Å². The van der Waals surface area contributed by atoms with E-state index < -0.39 is 30.4 Å². The van der Waals surface area contributed by atoms with Crippen molar-refractivity contribution in [2.75, 3.05) is 19.6 Å². The molecule has 1 saturated heterocycles. The molecule has 0 unspecified atom stereocenters. The van der Waals surface area contributed by atoms with E-state index in [0.717, 1.165) is 6.42 Å². The summed E-state index contributed by atoms with van der Waals surface area (Å²) in [6.07, 6.45) is -3.54. The summed E-state index contributed by atoms with van der Waals surface area (Å²) in [5.74, 6) is -0.501. The molecule has 2 aliphatic rings. The monoisotopic (exact) mass is 431 g/mol. The van der Waals surface area contributed by atoms with Crippen LogP contribution in [-0.4, -0.2) is 57.3 Å². The van der Waals surface area contributed by atoms with E-state index in [4.69, 9.17) is 5.73 Å². The van der Waals surface area contributed by atoms with Gasteiger partial charge in [0.25, 0.3) is 0 Å². The van der Waals surface area contributed by atoms with Crippen molar-refractivity contribution in [1.29, 1.82) is 0 Å². The molecule has 1 fully saturated rings. The zero-order valence-electron chi connectivity index (χ0n) is 16.7. The van der Waals surface area contributed by atoms with E-state index in [1.165, 1.54) is 4.90 Å². The number of rotatable bonds is 5. The van der Waals surface area contributed by atoms with Crippen LogP contribution in [-0.2, 0) is 35.4 Å². The molecular formula is C19H25F4N5O2. The van der Waals surface area contributed by atoms with Crippen molar-refractivity contribution >= 4 is 11.8 Å². The smallest absolute Gasteiger partial charge is 0.341 e. The largest absolute Gasteiger partial charge is 0.433 e. The Hall–Kier alpha value is -2.30. The predicted molar refractivity (Wildman–Crippen MR) is 98.5 cm³/mol. The van der Waals surface area contributed by atoms with E-state index in [0.29, 0.717) is 18.9 Å². The minimum atomic E-state index is -4.72. The van der Waals surface area contributed by atoms with Crippen LogP contribution in [0.2, 0.25) is 0 Å². The summed E-state index contributed by atoms with van der Waals surface area (Å²) in [6.45, 7) is 1.59. The number of nitrogens with zero attached hydrogens (tertiary/aromatic N) is 4. The van der Waals surface area contributed by atoms with Crippen LogP contribution in [0.5, 0.6) is 0 Å². The number of carbonyl (C=O) groups excluding carboxylic acids is 2. The molecule has 166 valence electrons. The molecule has 1 aromatic rings. The van der Waals surface area contributed by atoms with Gasteiger partial charge in [-0.3, -0.25) is 9.59 Å². The first-order chi connectivity index (χ1) is 14.1. The van der Waals surface area contributed by atoms with Gasteiger partial charge in [0.2, 0.25) is 11.8 Å². The SMILES string of the molecule is C[C@@H]1CCC(=O)N(C[C@H](N)CC(=O)N2CCc3c(nc(CF)nc3C(F)(F)F)C2)C1. The molecule has 0 spiro atoms. The normalized spacial score (nSPS) is 20.9. The molecule has 2 atom stereocenters. The number of carbonyl (C=O) groups is 2. The van der Waals surface area contributed by atoms with Gasteiger partial charge in [-0.2, -0.15) is 13.2 Å². The molecule has 0 radical (unpaired) electrons. The third-order valence-electron chi connectivity index (χ3n) is 5.48. The Morgan fingerprint density at radius 3 is 2.70 bits per heavy atom. The Balaban J connectivity index is 1.66. The van der Waals surface area contributed by atoms with Crippen molar-refractivity contribution in [3.63, 3.8) is 0 Å². The van der Waals surface area contributed by atoms with Crippen molar-refractivity contribution in [3.05, 3.63) is 22.8 Å². The Labute approximate surface area is 171 Å². The van der Waals surface area contributed by atoms with Crippen molar-refractivity contribution in [1.82, 2.24) is 19.8 Å². The molecule has 2 amide bonds. The molecule has 2 aliphatic heterocycles. The quantitative estimate of drug-likeness (QED) is 0.718. The van der Waals surface area contributed by atoms with Crippen LogP contribution in [0.3, 0.4) is 0 Å². The van der Waals surface area contributed by atoms with E-state index in [9.17, 15) is 27.2 Å². The van der Waals surface area contributed by atoms with Gasteiger partial charge < -0.3 is 15.5 Å². The van der Waals surface area contributed by atoms with Gasteiger partial charge in [-0.15, -0.1) is 0 Å². The Morgan fingerprint density at radius 1 is 1.30 bits per heavy atom. The second-order valence-corrected chi connectivity index (χ2v) is 8.02. The topological polar surface area (TPSA) is 92.4 Å². The summed E-state index contributed by atoms with van der Waals surface area (Å²) >= 11 is 0. The maximum absolute atomic E-state index is 13.3. The predicted octanol–water partition coefficient (Wildman–Crippen LogP) is 1.83. The fraction of sp³-hybridized carbons (Fsp3) is 0.684. The summed E-state index contributed by atoms with van der Waals surface area (Å²) < 4.78 is 52.7.